The number of carbonyl (C=O) groups is 1. The zero-order valence-electron chi connectivity index (χ0n) is 18.1. The third-order valence-electron chi connectivity index (χ3n) is 6.49. The molecule has 1 aliphatic heterocycles. The number of para-hydroxylation sites is 1. The molecule has 0 bridgehead atoms. The van der Waals surface area contributed by atoms with Gasteiger partial charge in [0.2, 0.25) is 5.91 Å². The number of aromatic nitrogens is 1. The second kappa shape index (κ2) is 9.41. The minimum atomic E-state index is -0.371. The van der Waals surface area contributed by atoms with Gasteiger partial charge >= 0.3 is 0 Å². The fraction of sp³-hybridized carbons (Fsp3) is 0.400. The molecule has 1 saturated heterocycles. The fourth-order valence-corrected chi connectivity index (χ4v) is 4.91. The average molecular weight is 442 g/mol. The van der Waals surface area contributed by atoms with E-state index in [1.165, 1.54) is 34.3 Å². The van der Waals surface area contributed by atoms with Gasteiger partial charge in [-0.3, -0.25) is 9.69 Å². The first-order valence-electron chi connectivity index (χ1n) is 11.0. The van der Waals surface area contributed by atoms with Crippen LogP contribution in [-0.4, -0.2) is 28.5 Å². The largest absolute Gasteiger partial charge is 0.352 e. The highest BCUT2D eigenvalue weighted by molar-refractivity contribution is 6.31. The number of hydrogen-bond donors (Lipinski definition) is 1. The van der Waals surface area contributed by atoms with Gasteiger partial charge in [0.05, 0.1) is 0 Å². The molecule has 3 aromatic rings. The van der Waals surface area contributed by atoms with E-state index in [9.17, 15) is 9.18 Å². The smallest absolute Gasteiger partial charge is 0.223 e. The molecular weight excluding hydrogens is 413 g/mol. The normalized spacial score (nSPS) is 15.5. The van der Waals surface area contributed by atoms with Crippen molar-refractivity contribution in [1.29, 1.82) is 0 Å². The molecule has 164 valence electrons. The van der Waals surface area contributed by atoms with Crippen molar-refractivity contribution >= 4 is 28.4 Å². The third kappa shape index (κ3) is 4.63. The molecule has 0 atom stereocenters. The minimum absolute atomic E-state index is 0.00792. The molecule has 1 N–H and O–H groups in total. The lowest BCUT2D eigenvalue weighted by atomic mass is 9.95. The van der Waals surface area contributed by atoms with Crippen LogP contribution in [0.1, 0.15) is 36.6 Å². The Morgan fingerprint density at radius 2 is 1.94 bits per heavy atom. The monoisotopic (exact) mass is 441 g/mol. The average Bonchev–Trinajstić information content (AvgIpc) is 3.04. The van der Waals surface area contributed by atoms with Crippen LogP contribution in [0.2, 0.25) is 5.02 Å². The second-order valence-corrected chi connectivity index (χ2v) is 8.74. The Morgan fingerprint density at radius 3 is 2.65 bits per heavy atom. The number of benzene rings is 2. The zero-order valence-corrected chi connectivity index (χ0v) is 18.9. The highest BCUT2D eigenvalue weighted by atomic mass is 35.5. The molecule has 0 spiro atoms. The molecule has 1 fully saturated rings. The highest BCUT2D eigenvalue weighted by Crippen LogP contribution is 2.29. The molecule has 0 aliphatic carbocycles. The summed E-state index contributed by atoms with van der Waals surface area (Å²) in [7, 11) is 0. The molecular formula is C25H29ClFN3O. The van der Waals surface area contributed by atoms with E-state index in [-0.39, 0.29) is 17.6 Å². The molecule has 0 saturated carbocycles. The predicted octanol–water partition coefficient (Wildman–Crippen LogP) is 5.29. The number of carbonyl (C=O) groups excluding carboxylic acids is 1. The molecule has 1 aliphatic rings. The van der Waals surface area contributed by atoms with Gasteiger partial charge in [-0.05, 0) is 69.1 Å². The Bertz CT molecular complexity index is 1090. The van der Waals surface area contributed by atoms with Crippen LogP contribution in [0.4, 0.5) is 4.39 Å². The van der Waals surface area contributed by atoms with Gasteiger partial charge in [-0.25, -0.2) is 4.39 Å². The van der Waals surface area contributed by atoms with Gasteiger partial charge in [0, 0.05) is 47.2 Å². The van der Waals surface area contributed by atoms with Crippen LogP contribution in [0.25, 0.3) is 10.9 Å². The number of aryl methyl sites for hydroxylation is 1. The van der Waals surface area contributed by atoms with Gasteiger partial charge in [-0.1, -0.05) is 35.9 Å². The number of fused-ring (bicyclic) bond motifs is 1. The number of piperidine rings is 1. The Labute approximate surface area is 188 Å². The van der Waals surface area contributed by atoms with Gasteiger partial charge in [0.25, 0.3) is 0 Å². The van der Waals surface area contributed by atoms with Crippen LogP contribution in [0.15, 0.2) is 42.5 Å². The maximum Gasteiger partial charge on any atom is 0.223 e. The number of hydrogen-bond acceptors (Lipinski definition) is 2. The molecule has 4 nitrogen and oxygen atoms in total. The second-order valence-electron chi connectivity index (χ2n) is 8.33. The van der Waals surface area contributed by atoms with E-state index in [2.05, 4.69) is 52.9 Å². The van der Waals surface area contributed by atoms with Crippen LogP contribution in [0.5, 0.6) is 0 Å². The Kier molecular flexibility index (Phi) is 6.63. The van der Waals surface area contributed by atoms with Crippen LogP contribution in [0, 0.1) is 18.7 Å². The first-order valence-corrected chi connectivity index (χ1v) is 11.4. The summed E-state index contributed by atoms with van der Waals surface area (Å²) in [4.78, 5) is 15.1. The molecule has 2 heterocycles. The summed E-state index contributed by atoms with van der Waals surface area (Å²) < 4.78 is 15.6. The molecule has 0 unspecified atom stereocenters. The standard InChI is InChI=1S/C25H29ClFN3O/c1-3-30-17(2)22(21-6-4-5-7-24(21)30)16-29-12-10-18(11-13-29)25(31)28-15-19-8-9-20(27)14-23(19)26/h4-9,14,18H,3,10-13,15-16H2,1-2H3,(H,28,31). The van der Waals surface area contributed by atoms with Crippen molar-refractivity contribution in [3.05, 3.63) is 70.1 Å². The molecule has 2 aromatic carbocycles. The topological polar surface area (TPSA) is 37.3 Å². The highest BCUT2D eigenvalue weighted by Gasteiger charge is 2.26. The maximum absolute atomic E-state index is 13.2. The molecule has 31 heavy (non-hydrogen) atoms. The SMILES string of the molecule is CCn1c(C)c(CN2CCC(C(=O)NCc3ccc(F)cc3Cl)CC2)c2ccccc21. The summed E-state index contributed by atoms with van der Waals surface area (Å²) >= 11 is 6.06. The van der Waals surface area contributed by atoms with E-state index in [0.717, 1.165) is 44.6 Å². The molecule has 6 heteroatoms. The van der Waals surface area contributed by atoms with E-state index in [4.69, 9.17) is 11.6 Å². The van der Waals surface area contributed by atoms with E-state index in [1.54, 1.807) is 6.07 Å². The van der Waals surface area contributed by atoms with Gasteiger partial charge in [-0.15, -0.1) is 0 Å². The van der Waals surface area contributed by atoms with Crippen LogP contribution < -0.4 is 5.32 Å². The van der Waals surface area contributed by atoms with Gasteiger partial charge in [0.1, 0.15) is 5.82 Å². The number of halogens is 2. The molecule has 4 rings (SSSR count). The number of nitrogens with one attached hydrogen (secondary N) is 1. The van der Waals surface area contributed by atoms with Crippen molar-refractivity contribution in [1.82, 2.24) is 14.8 Å². The van der Waals surface area contributed by atoms with Crippen molar-refractivity contribution in [3.63, 3.8) is 0 Å². The molecule has 1 aromatic heterocycles. The number of amides is 1. The van der Waals surface area contributed by atoms with Crippen LogP contribution in [-0.2, 0) is 24.4 Å². The Morgan fingerprint density at radius 1 is 1.19 bits per heavy atom. The lowest BCUT2D eigenvalue weighted by Gasteiger charge is -2.31. The fourth-order valence-electron chi connectivity index (χ4n) is 4.68. The number of nitrogens with zero attached hydrogens (tertiary/aromatic N) is 2. The van der Waals surface area contributed by atoms with Crippen molar-refractivity contribution in [2.45, 2.75) is 46.3 Å². The lowest BCUT2D eigenvalue weighted by Crippen LogP contribution is -2.40. The van der Waals surface area contributed by atoms with Crippen LogP contribution in [0.3, 0.4) is 0 Å². The van der Waals surface area contributed by atoms with Gasteiger partial charge in [-0.2, -0.15) is 0 Å². The summed E-state index contributed by atoms with van der Waals surface area (Å²) in [5.74, 6) is -0.308. The first-order chi connectivity index (χ1) is 15.0. The number of rotatable bonds is 6. The maximum atomic E-state index is 13.2. The summed E-state index contributed by atoms with van der Waals surface area (Å²) in [5, 5.41) is 4.65. The van der Waals surface area contributed by atoms with E-state index < -0.39 is 0 Å². The van der Waals surface area contributed by atoms with Gasteiger partial charge in [0.15, 0.2) is 0 Å². The van der Waals surface area contributed by atoms with E-state index >= 15 is 0 Å². The molecule has 1 amide bonds. The van der Waals surface area contributed by atoms with Crippen LogP contribution >= 0.6 is 11.6 Å². The van der Waals surface area contributed by atoms with Gasteiger partial charge < -0.3 is 9.88 Å². The Balaban J connectivity index is 1.34. The summed E-state index contributed by atoms with van der Waals surface area (Å²) in [6, 6.07) is 12.9. The van der Waals surface area contributed by atoms with Crippen molar-refractivity contribution in [2.24, 2.45) is 5.92 Å². The first kappa shape index (κ1) is 21.8. The quantitative estimate of drug-likeness (QED) is 0.564. The Hall–Kier alpha value is -2.37. The lowest BCUT2D eigenvalue weighted by molar-refractivity contribution is -0.126. The summed E-state index contributed by atoms with van der Waals surface area (Å²) in [6.07, 6.45) is 1.68. The summed E-state index contributed by atoms with van der Waals surface area (Å²) in [5.41, 5.74) is 4.76. The third-order valence-corrected chi connectivity index (χ3v) is 6.84. The minimum Gasteiger partial charge on any atom is -0.352 e. The predicted molar refractivity (Wildman–Crippen MR) is 124 cm³/mol. The summed E-state index contributed by atoms with van der Waals surface area (Å²) in [6.45, 7) is 8.41. The van der Waals surface area contributed by atoms with Crippen molar-refractivity contribution in [3.8, 4) is 0 Å². The number of likely N-dealkylation sites (tertiary alicyclic amines) is 1. The van der Waals surface area contributed by atoms with Crippen molar-refractivity contribution < 1.29 is 9.18 Å². The van der Waals surface area contributed by atoms with E-state index in [1.807, 2.05) is 0 Å². The van der Waals surface area contributed by atoms with E-state index in [0.29, 0.717) is 11.6 Å². The zero-order chi connectivity index (χ0) is 22.0. The van der Waals surface area contributed by atoms with Crippen molar-refractivity contribution in [2.75, 3.05) is 13.1 Å². The molecule has 0 radical (unpaired) electrons.